The van der Waals surface area contributed by atoms with Crippen LogP contribution in [0.1, 0.15) is 10.4 Å². The molecule has 2 aromatic carbocycles. The van der Waals surface area contributed by atoms with Crippen LogP contribution >= 0.6 is 23.2 Å². The van der Waals surface area contributed by atoms with E-state index in [0.29, 0.717) is 22.9 Å². The Morgan fingerprint density at radius 1 is 1.12 bits per heavy atom. The molecule has 0 fully saturated rings. The van der Waals surface area contributed by atoms with Gasteiger partial charge in [-0.05, 0) is 42.5 Å². The van der Waals surface area contributed by atoms with Gasteiger partial charge in [0.25, 0.3) is 5.91 Å². The lowest BCUT2D eigenvalue weighted by Crippen LogP contribution is -2.28. The first kappa shape index (κ1) is 19.4. The monoisotopic (exact) mass is 402 g/mol. The van der Waals surface area contributed by atoms with Crippen LogP contribution in [0.5, 0.6) is 5.75 Å². The molecule has 1 amide bonds. The predicted molar refractivity (Wildman–Crippen MR) is 99.2 cm³/mol. The van der Waals surface area contributed by atoms with Gasteiger partial charge in [0.15, 0.2) is 0 Å². The normalized spacial score (nSPS) is 11.0. The van der Waals surface area contributed by atoms with Gasteiger partial charge >= 0.3 is 0 Å². The van der Waals surface area contributed by atoms with E-state index in [9.17, 15) is 13.2 Å². The molecule has 0 radical (unpaired) electrons. The zero-order chi connectivity index (χ0) is 18.4. The average Bonchev–Trinajstić information content (AvgIpc) is 2.53. The number of hydrogen-bond acceptors (Lipinski definition) is 4. The van der Waals surface area contributed by atoms with Crippen LogP contribution in [0.25, 0.3) is 0 Å². The minimum absolute atomic E-state index is 0.135. The summed E-state index contributed by atoms with van der Waals surface area (Å²) in [6.07, 6.45) is 1.02. The summed E-state index contributed by atoms with van der Waals surface area (Å²) < 4.78 is 30.2. The van der Waals surface area contributed by atoms with Crippen LogP contribution < -0.4 is 14.8 Å². The highest BCUT2D eigenvalue weighted by Crippen LogP contribution is 2.23. The van der Waals surface area contributed by atoms with Crippen LogP contribution in [-0.2, 0) is 10.0 Å². The minimum atomic E-state index is -3.44. The van der Waals surface area contributed by atoms with Gasteiger partial charge < -0.3 is 10.1 Å². The SMILES string of the molecule is CS(=O)(=O)Nc1ccc(C(=O)NCCOc2ccc(Cl)cc2)cc1Cl. The molecule has 134 valence electrons. The van der Waals surface area contributed by atoms with E-state index in [0.717, 1.165) is 6.26 Å². The molecule has 6 nitrogen and oxygen atoms in total. The van der Waals surface area contributed by atoms with E-state index < -0.39 is 10.0 Å². The van der Waals surface area contributed by atoms with Crippen LogP contribution in [0.4, 0.5) is 5.69 Å². The maximum atomic E-state index is 12.1. The van der Waals surface area contributed by atoms with Crippen molar-refractivity contribution in [3.05, 3.63) is 58.1 Å². The first-order valence-corrected chi connectivity index (χ1v) is 9.83. The van der Waals surface area contributed by atoms with Gasteiger partial charge in [-0.15, -0.1) is 0 Å². The van der Waals surface area contributed by atoms with Gasteiger partial charge in [0, 0.05) is 10.6 Å². The van der Waals surface area contributed by atoms with Crippen LogP contribution in [0, 0.1) is 0 Å². The Balaban J connectivity index is 1.86. The molecule has 0 unspecified atom stereocenters. The van der Waals surface area contributed by atoms with Crippen molar-refractivity contribution >= 4 is 44.8 Å². The zero-order valence-corrected chi connectivity index (χ0v) is 15.6. The molecule has 0 heterocycles. The van der Waals surface area contributed by atoms with E-state index >= 15 is 0 Å². The summed E-state index contributed by atoms with van der Waals surface area (Å²) >= 11 is 11.8. The standard InChI is InChI=1S/C16H16Cl2N2O4S/c1-25(22,23)20-15-7-2-11(10-14(15)18)16(21)19-8-9-24-13-5-3-12(17)4-6-13/h2-7,10,20H,8-9H2,1H3,(H,19,21). The summed E-state index contributed by atoms with van der Waals surface area (Å²) in [4.78, 5) is 12.1. The third kappa shape index (κ3) is 6.45. The van der Waals surface area contributed by atoms with Crippen molar-refractivity contribution in [3.63, 3.8) is 0 Å². The lowest BCUT2D eigenvalue weighted by Gasteiger charge is -2.10. The number of nitrogens with one attached hydrogen (secondary N) is 2. The van der Waals surface area contributed by atoms with Crippen molar-refractivity contribution in [1.82, 2.24) is 5.32 Å². The number of amides is 1. The molecular formula is C16H16Cl2N2O4S. The first-order chi connectivity index (χ1) is 11.7. The molecule has 0 aliphatic carbocycles. The largest absolute Gasteiger partial charge is 0.492 e. The van der Waals surface area contributed by atoms with E-state index in [2.05, 4.69) is 10.0 Å². The van der Waals surface area contributed by atoms with Crippen molar-refractivity contribution in [2.45, 2.75) is 0 Å². The van der Waals surface area contributed by atoms with Crippen molar-refractivity contribution < 1.29 is 17.9 Å². The average molecular weight is 403 g/mol. The summed E-state index contributed by atoms with van der Waals surface area (Å²) in [7, 11) is -3.44. The summed E-state index contributed by atoms with van der Waals surface area (Å²) in [5.74, 6) is 0.311. The van der Waals surface area contributed by atoms with Crippen molar-refractivity contribution in [2.24, 2.45) is 0 Å². The maximum Gasteiger partial charge on any atom is 0.251 e. The van der Waals surface area contributed by atoms with E-state index in [-0.39, 0.29) is 23.2 Å². The lowest BCUT2D eigenvalue weighted by molar-refractivity contribution is 0.0947. The van der Waals surface area contributed by atoms with E-state index in [1.165, 1.54) is 18.2 Å². The third-order valence-electron chi connectivity index (χ3n) is 3.00. The van der Waals surface area contributed by atoms with Gasteiger partial charge in [-0.2, -0.15) is 0 Å². The van der Waals surface area contributed by atoms with Gasteiger partial charge in [0.1, 0.15) is 12.4 Å². The van der Waals surface area contributed by atoms with E-state index in [1.54, 1.807) is 24.3 Å². The number of carbonyl (C=O) groups excluding carboxylic acids is 1. The predicted octanol–water partition coefficient (Wildman–Crippen LogP) is 3.17. The number of anilines is 1. The highest BCUT2D eigenvalue weighted by atomic mass is 35.5. The molecular weight excluding hydrogens is 387 g/mol. The minimum Gasteiger partial charge on any atom is -0.492 e. The Hall–Kier alpha value is -1.96. The molecule has 0 bridgehead atoms. The van der Waals surface area contributed by atoms with Crippen LogP contribution in [-0.4, -0.2) is 33.7 Å². The third-order valence-corrected chi connectivity index (χ3v) is 4.15. The molecule has 0 aliphatic rings. The summed E-state index contributed by atoms with van der Waals surface area (Å²) in [6, 6.07) is 11.2. The first-order valence-electron chi connectivity index (χ1n) is 7.18. The Morgan fingerprint density at radius 2 is 1.80 bits per heavy atom. The number of halogens is 2. The van der Waals surface area contributed by atoms with Crippen LogP contribution in [0.2, 0.25) is 10.0 Å². The second-order valence-corrected chi connectivity index (χ2v) is 7.72. The fourth-order valence-electron chi connectivity index (χ4n) is 1.91. The molecule has 0 aromatic heterocycles. The Bertz CT molecular complexity index is 855. The second kappa shape index (κ2) is 8.42. The molecule has 2 rings (SSSR count). The Morgan fingerprint density at radius 3 is 2.40 bits per heavy atom. The van der Waals surface area contributed by atoms with Crippen LogP contribution in [0.3, 0.4) is 0 Å². The van der Waals surface area contributed by atoms with Gasteiger partial charge in [-0.25, -0.2) is 8.42 Å². The molecule has 9 heteroatoms. The van der Waals surface area contributed by atoms with Gasteiger partial charge in [0.05, 0.1) is 23.5 Å². The molecule has 0 saturated heterocycles. The van der Waals surface area contributed by atoms with Crippen molar-refractivity contribution in [3.8, 4) is 5.75 Å². The quantitative estimate of drug-likeness (QED) is 0.696. The smallest absolute Gasteiger partial charge is 0.251 e. The summed E-state index contributed by atoms with van der Waals surface area (Å²) in [6.45, 7) is 0.581. The topological polar surface area (TPSA) is 84.5 Å². The van der Waals surface area contributed by atoms with Crippen molar-refractivity contribution in [2.75, 3.05) is 24.1 Å². The molecule has 0 atom stereocenters. The Kier molecular flexibility index (Phi) is 6.52. The number of rotatable bonds is 7. The molecule has 0 spiro atoms. The zero-order valence-electron chi connectivity index (χ0n) is 13.3. The van der Waals surface area contributed by atoms with E-state index in [4.69, 9.17) is 27.9 Å². The lowest BCUT2D eigenvalue weighted by atomic mass is 10.2. The highest BCUT2D eigenvalue weighted by Gasteiger charge is 2.11. The number of hydrogen-bond donors (Lipinski definition) is 2. The molecule has 0 aliphatic heterocycles. The number of sulfonamides is 1. The van der Waals surface area contributed by atoms with Gasteiger partial charge in [-0.1, -0.05) is 23.2 Å². The van der Waals surface area contributed by atoms with Crippen molar-refractivity contribution in [1.29, 1.82) is 0 Å². The summed E-state index contributed by atoms with van der Waals surface area (Å²) in [5.41, 5.74) is 0.530. The fraction of sp³-hybridized carbons (Fsp3) is 0.188. The molecule has 2 N–H and O–H groups in total. The molecule has 2 aromatic rings. The number of ether oxygens (including phenoxy) is 1. The van der Waals surface area contributed by atoms with E-state index in [1.807, 2.05) is 0 Å². The van der Waals surface area contributed by atoms with Gasteiger partial charge in [0.2, 0.25) is 10.0 Å². The summed E-state index contributed by atoms with van der Waals surface area (Å²) in [5, 5.41) is 3.44. The highest BCUT2D eigenvalue weighted by molar-refractivity contribution is 7.92. The Labute approximate surface area is 156 Å². The van der Waals surface area contributed by atoms with Crippen LogP contribution in [0.15, 0.2) is 42.5 Å². The second-order valence-electron chi connectivity index (χ2n) is 5.13. The van der Waals surface area contributed by atoms with Gasteiger partial charge in [-0.3, -0.25) is 9.52 Å². The molecule has 0 saturated carbocycles. The number of carbonyl (C=O) groups is 1. The fourth-order valence-corrected chi connectivity index (χ4v) is 2.89. The molecule has 25 heavy (non-hydrogen) atoms. The maximum absolute atomic E-state index is 12.1. The number of benzene rings is 2.